The van der Waals surface area contributed by atoms with Gasteiger partial charge in [0.05, 0.1) is 15.5 Å². The van der Waals surface area contributed by atoms with Crippen LogP contribution >= 0.6 is 48.0 Å². The molecule has 10 heteroatoms. The maximum absolute atomic E-state index is 6.25. The Labute approximate surface area is 210 Å². The number of anilines is 2. The van der Waals surface area contributed by atoms with E-state index in [0.717, 1.165) is 50.5 Å². The number of pyridine rings is 1. The number of piperidine rings is 1. The molecule has 1 saturated carbocycles. The highest BCUT2D eigenvalue weighted by Gasteiger charge is 2.50. The summed E-state index contributed by atoms with van der Waals surface area (Å²) >= 11 is 12.2. The number of nitrogens with zero attached hydrogens (tertiary/aromatic N) is 5. The summed E-state index contributed by atoms with van der Waals surface area (Å²) in [6.07, 6.45) is 5.83. The van der Waals surface area contributed by atoms with Crippen LogP contribution in [0.15, 0.2) is 42.6 Å². The van der Waals surface area contributed by atoms with Crippen LogP contribution in [0.5, 0.6) is 0 Å². The molecule has 2 aliphatic rings. The molecule has 1 N–H and O–H groups in total. The molecule has 0 amide bonds. The fraction of sp³-hybridized carbons (Fsp3) is 0.409. The highest BCUT2D eigenvalue weighted by Crippen LogP contribution is 2.53. The van der Waals surface area contributed by atoms with Gasteiger partial charge in [0.15, 0.2) is 0 Å². The molecule has 1 aliphatic carbocycles. The summed E-state index contributed by atoms with van der Waals surface area (Å²) in [7, 11) is 2.09. The molecule has 2 fully saturated rings. The summed E-state index contributed by atoms with van der Waals surface area (Å²) in [5.41, 5.74) is 1.36. The monoisotopic (exact) mass is 514 g/mol. The van der Waals surface area contributed by atoms with Gasteiger partial charge in [-0.2, -0.15) is 0 Å². The van der Waals surface area contributed by atoms with Crippen molar-refractivity contribution in [3.63, 3.8) is 0 Å². The first-order valence-corrected chi connectivity index (χ1v) is 11.1. The average Bonchev–Trinajstić information content (AvgIpc) is 3.48. The number of aromatic nitrogens is 4. The number of rotatable bonds is 5. The maximum atomic E-state index is 6.25. The Morgan fingerprint density at radius 3 is 2.34 bits per heavy atom. The predicted octanol–water partition coefficient (Wildman–Crippen LogP) is 5.52. The van der Waals surface area contributed by atoms with Crippen LogP contribution in [0.25, 0.3) is 0 Å². The van der Waals surface area contributed by atoms with Gasteiger partial charge in [0.2, 0.25) is 5.95 Å². The van der Waals surface area contributed by atoms with E-state index in [-0.39, 0.29) is 30.2 Å². The van der Waals surface area contributed by atoms with Gasteiger partial charge in [-0.1, -0.05) is 53.5 Å². The fourth-order valence-electron chi connectivity index (χ4n) is 4.47. The molecule has 0 radical (unpaired) electrons. The molecule has 3 aromatic rings. The largest absolute Gasteiger partial charge is 0.366 e. The number of hydrogen-bond donors (Lipinski definition) is 1. The van der Waals surface area contributed by atoms with Gasteiger partial charge in [0.25, 0.3) is 0 Å². The minimum Gasteiger partial charge on any atom is -0.366 e. The van der Waals surface area contributed by atoms with E-state index < -0.39 is 0 Å². The topological polar surface area (TPSA) is 58.9 Å². The Bertz CT molecular complexity index is 1050. The molecule has 0 bridgehead atoms. The third-order valence-electron chi connectivity index (χ3n) is 6.28. The van der Waals surface area contributed by atoms with E-state index in [4.69, 9.17) is 23.2 Å². The van der Waals surface area contributed by atoms with E-state index in [2.05, 4.69) is 67.3 Å². The molecule has 3 heterocycles. The molecule has 1 saturated heterocycles. The van der Waals surface area contributed by atoms with Crippen LogP contribution in [0.1, 0.15) is 37.1 Å². The first-order valence-electron chi connectivity index (χ1n) is 10.3. The van der Waals surface area contributed by atoms with Crippen molar-refractivity contribution in [1.82, 2.24) is 19.7 Å². The number of halogens is 4. The highest BCUT2D eigenvalue weighted by atomic mass is 35.5. The van der Waals surface area contributed by atoms with E-state index >= 15 is 0 Å². The Morgan fingerprint density at radius 2 is 1.72 bits per heavy atom. The van der Waals surface area contributed by atoms with Crippen molar-refractivity contribution in [2.45, 2.75) is 37.1 Å². The van der Waals surface area contributed by atoms with Gasteiger partial charge in [-0.05, 0) is 37.3 Å². The fourth-order valence-corrected chi connectivity index (χ4v) is 4.91. The molecular formula is C22H26Cl4N6. The summed E-state index contributed by atoms with van der Waals surface area (Å²) in [6, 6.07) is 12.7. The number of benzene rings is 1. The molecule has 2 aromatic heterocycles. The summed E-state index contributed by atoms with van der Waals surface area (Å²) in [4.78, 5) is 6.64. The maximum Gasteiger partial charge on any atom is 0.226 e. The van der Waals surface area contributed by atoms with Gasteiger partial charge in [0, 0.05) is 32.4 Å². The zero-order valence-electron chi connectivity index (χ0n) is 17.7. The van der Waals surface area contributed by atoms with E-state index in [1.807, 2.05) is 0 Å². The van der Waals surface area contributed by atoms with Gasteiger partial charge < -0.3 is 10.2 Å². The van der Waals surface area contributed by atoms with Crippen molar-refractivity contribution in [3.8, 4) is 0 Å². The summed E-state index contributed by atoms with van der Waals surface area (Å²) in [5.74, 6) is 2.72. The number of nitrogens with one attached hydrogen (secondary N) is 1. The van der Waals surface area contributed by atoms with Crippen LogP contribution in [-0.4, -0.2) is 38.9 Å². The summed E-state index contributed by atoms with van der Waals surface area (Å²) < 4.78 is 2.19. The van der Waals surface area contributed by atoms with Crippen LogP contribution in [-0.2, 0) is 12.5 Å². The molecule has 6 nitrogen and oxygen atoms in total. The first kappa shape index (κ1) is 24.9. The van der Waals surface area contributed by atoms with Crippen molar-refractivity contribution in [1.29, 1.82) is 0 Å². The lowest BCUT2D eigenvalue weighted by molar-refractivity contribution is 0.513. The van der Waals surface area contributed by atoms with Crippen LogP contribution in [0, 0.1) is 0 Å². The lowest BCUT2D eigenvalue weighted by Gasteiger charge is -2.33. The van der Waals surface area contributed by atoms with E-state index in [9.17, 15) is 0 Å². The molecule has 172 valence electrons. The minimum absolute atomic E-state index is 0. The van der Waals surface area contributed by atoms with Crippen LogP contribution in [0.2, 0.25) is 10.0 Å². The van der Waals surface area contributed by atoms with Crippen LogP contribution in [0.4, 0.5) is 11.8 Å². The molecule has 1 aromatic carbocycles. The van der Waals surface area contributed by atoms with Crippen molar-refractivity contribution in [2.75, 3.05) is 23.3 Å². The van der Waals surface area contributed by atoms with Gasteiger partial charge in [-0.25, -0.2) is 4.98 Å². The van der Waals surface area contributed by atoms with Gasteiger partial charge in [-0.15, -0.1) is 35.0 Å². The predicted molar refractivity (Wildman–Crippen MR) is 135 cm³/mol. The molecule has 0 unspecified atom stereocenters. The van der Waals surface area contributed by atoms with Crippen molar-refractivity contribution in [3.05, 3.63) is 64.0 Å². The van der Waals surface area contributed by atoms with Crippen molar-refractivity contribution >= 4 is 59.8 Å². The van der Waals surface area contributed by atoms with Crippen molar-refractivity contribution in [2.24, 2.45) is 7.05 Å². The molecule has 0 atom stereocenters. The second-order valence-electron chi connectivity index (χ2n) is 8.22. The molecule has 1 aliphatic heterocycles. The standard InChI is InChI=1S/C22H24Cl2N6.2ClH/c1-29-20(22(9-10-22)15-5-3-2-4-6-15)27-28-21(29)30-11-7-17(8-12-30)26-19-18(24)13-16(23)14-25-19;;/h2-6,13-14,17H,7-12H2,1H3,(H,25,26);2*1H. The van der Waals surface area contributed by atoms with Crippen LogP contribution < -0.4 is 10.2 Å². The third kappa shape index (κ3) is 4.65. The average molecular weight is 516 g/mol. The Morgan fingerprint density at radius 1 is 1.03 bits per heavy atom. The SMILES string of the molecule is Cl.Cl.Cn1c(N2CCC(Nc3ncc(Cl)cc3Cl)CC2)nnc1C1(c2ccccc2)CC1. The Kier molecular flexibility index (Phi) is 7.81. The Balaban J connectivity index is 0.00000144. The van der Waals surface area contributed by atoms with E-state index in [0.29, 0.717) is 21.9 Å². The second-order valence-corrected chi connectivity index (χ2v) is 9.06. The number of hydrogen-bond acceptors (Lipinski definition) is 5. The zero-order valence-corrected chi connectivity index (χ0v) is 20.8. The highest BCUT2D eigenvalue weighted by molar-refractivity contribution is 6.35. The second kappa shape index (κ2) is 10.0. The van der Waals surface area contributed by atoms with E-state index in [1.165, 1.54) is 5.56 Å². The molecule has 0 spiro atoms. The van der Waals surface area contributed by atoms with Crippen molar-refractivity contribution < 1.29 is 0 Å². The Hall–Kier alpha value is -1.73. The molecular weight excluding hydrogens is 490 g/mol. The molecule has 32 heavy (non-hydrogen) atoms. The lowest BCUT2D eigenvalue weighted by Crippen LogP contribution is -2.40. The first-order chi connectivity index (χ1) is 14.6. The summed E-state index contributed by atoms with van der Waals surface area (Å²) in [5, 5.41) is 13.7. The third-order valence-corrected chi connectivity index (χ3v) is 6.78. The molecule has 5 rings (SSSR count). The minimum atomic E-state index is 0. The van der Waals surface area contributed by atoms with Gasteiger partial charge in [-0.3, -0.25) is 4.57 Å². The zero-order chi connectivity index (χ0) is 20.7. The smallest absolute Gasteiger partial charge is 0.226 e. The normalized spacial score (nSPS) is 17.3. The summed E-state index contributed by atoms with van der Waals surface area (Å²) in [6.45, 7) is 1.82. The van der Waals surface area contributed by atoms with Gasteiger partial charge in [0.1, 0.15) is 11.6 Å². The lowest BCUT2D eigenvalue weighted by atomic mass is 9.95. The quantitative estimate of drug-likeness (QED) is 0.484. The van der Waals surface area contributed by atoms with E-state index in [1.54, 1.807) is 12.3 Å². The van der Waals surface area contributed by atoms with Gasteiger partial charge >= 0.3 is 0 Å². The van der Waals surface area contributed by atoms with Crippen LogP contribution in [0.3, 0.4) is 0 Å².